The van der Waals surface area contributed by atoms with Gasteiger partial charge in [0.25, 0.3) is 0 Å². The summed E-state index contributed by atoms with van der Waals surface area (Å²) in [6, 6.07) is 0. The normalized spacial score (nSPS) is 21.0. The molecule has 1 aliphatic rings. The molecule has 0 spiro atoms. The molecule has 0 radical (unpaired) electrons. The highest BCUT2D eigenvalue weighted by molar-refractivity contribution is 5.81. The van der Waals surface area contributed by atoms with E-state index in [-0.39, 0.29) is 17.2 Å². The van der Waals surface area contributed by atoms with E-state index in [1.54, 1.807) is 12.4 Å². The highest BCUT2D eigenvalue weighted by atomic mass is 16.4. The number of carboxylic acid groups (broad SMARTS) is 1. The summed E-state index contributed by atoms with van der Waals surface area (Å²) in [7, 11) is 0. The molecule has 0 saturated carbocycles. The predicted molar refractivity (Wildman–Crippen MR) is 101 cm³/mol. The quantitative estimate of drug-likeness (QED) is 0.297. The van der Waals surface area contributed by atoms with Crippen LogP contribution in [-0.2, 0) is 4.79 Å². The molecule has 2 N–H and O–H groups in total. The molecule has 25 heavy (non-hydrogen) atoms. The summed E-state index contributed by atoms with van der Waals surface area (Å²) in [4.78, 5) is 15.5. The third kappa shape index (κ3) is 7.53. The van der Waals surface area contributed by atoms with E-state index in [1.165, 1.54) is 44.9 Å². The minimum atomic E-state index is -1.09. The number of amidine groups is 1. The number of quaternary nitrogens is 1. The van der Waals surface area contributed by atoms with Gasteiger partial charge in [0.2, 0.25) is 5.84 Å². The van der Waals surface area contributed by atoms with Crippen molar-refractivity contribution in [1.82, 2.24) is 0 Å². The fourth-order valence-corrected chi connectivity index (χ4v) is 3.23. The van der Waals surface area contributed by atoms with Gasteiger partial charge in [0.1, 0.15) is 18.9 Å². The molecule has 0 fully saturated rings. The Morgan fingerprint density at radius 2 is 1.84 bits per heavy atom. The van der Waals surface area contributed by atoms with Crippen molar-refractivity contribution >= 4 is 11.8 Å². The van der Waals surface area contributed by atoms with Gasteiger partial charge in [-0.3, -0.25) is 5.73 Å². The summed E-state index contributed by atoms with van der Waals surface area (Å²) in [6.45, 7) is 3.88. The Labute approximate surface area is 152 Å². The summed E-state index contributed by atoms with van der Waals surface area (Å²) in [5.41, 5.74) is 6.04. The van der Waals surface area contributed by atoms with Crippen molar-refractivity contribution in [2.45, 2.75) is 84.2 Å². The lowest BCUT2D eigenvalue weighted by Gasteiger charge is -2.36. The van der Waals surface area contributed by atoms with Gasteiger partial charge in [-0.25, -0.2) is 9.48 Å². The third-order valence-electron chi connectivity index (χ3n) is 4.80. The smallest absolute Gasteiger partial charge is 0.209 e. The van der Waals surface area contributed by atoms with Crippen LogP contribution in [0.5, 0.6) is 0 Å². The minimum absolute atomic E-state index is 0.104. The second-order valence-electron chi connectivity index (χ2n) is 6.96. The zero-order valence-corrected chi connectivity index (χ0v) is 16.0. The van der Waals surface area contributed by atoms with Crippen molar-refractivity contribution in [2.24, 2.45) is 10.7 Å². The Morgan fingerprint density at radius 1 is 1.20 bits per heavy atom. The molecular formula is C20H35N3O2. The average Bonchev–Trinajstić information content (AvgIpc) is 2.96. The lowest BCUT2D eigenvalue weighted by Crippen LogP contribution is -2.60. The molecule has 142 valence electrons. The summed E-state index contributed by atoms with van der Waals surface area (Å²) in [5.74, 6) is -0.246. The average molecular weight is 350 g/mol. The number of carbonyl (C=O) groups excluding carboxylic acids is 1. The summed E-state index contributed by atoms with van der Waals surface area (Å²) in [6.07, 6.45) is 19.3. The largest absolute Gasteiger partial charge is 0.544 e. The van der Waals surface area contributed by atoms with Gasteiger partial charge in [-0.15, -0.1) is 0 Å². The van der Waals surface area contributed by atoms with Gasteiger partial charge in [0.15, 0.2) is 0 Å². The molecular weight excluding hydrogens is 314 g/mol. The second kappa shape index (κ2) is 12.0. The maximum atomic E-state index is 11.1. The number of nitrogens with two attached hydrogens (primary N) is 1. The second-order valence-corrected chi connectivity index (χ2v) is 6.96. The number of rotatable bonds is 14. The van der Waals surface area contributed by atoms with Crippen molar-refractivity contribution < 1.29 is 14.4 Å². The number of aliphatic carboxylic acids is 1. The van der Waals surface area contributed by atoms with Crippen LogP contribution in [0.4, 0.5) is 0 Å². The third-order valence-corrected chi connectivity index (χ3v) is 4.80. The van der Waals surface area contributed by atoms with E-state index in [1.807, 2.05) is 6.92 Å². The van der Waals surface area contributed by atoms with Crippen LogP contribution >= 0.6 is 0 Å². The lowest BCUT2D eigenvalue weighted by atomic mass is 10.1. The van der Waals surface area contributed by atoms with Crippen LogP contribution in [0.2, 0.25) is 0 Å². The van der Waals surface area contributed by atoms with Crippen LogP contribution < -0.4 is 10.8 Å². The van der Waals surface area contributed by atoms with Crippen LogP contribution in [0, 0.1) is 0 Å². The Bertz CT molecular complexity index is 483. The zero-order chi connectivity index (χ0) is 18.5. The molecule has 5 nitrogen and oxygen atoms in total. The molecule has 0 amide bonds. The highest BCUT2D eigenvalue weighted by Crippen LogP contribution is 2.23. The number of hydrogen-bond donors (Lipinski definition) is 1. The van der Waals surface area contributed by atoms with E-state index in [0.29, 0.717) is 0 Å². The Balaban J connectivity index is 2.20. The SMILES string of the molecule is CCC/C=C/CCCCCCCCC1=NC=C[N+]1(CC(=O)[O-])C(C)N. The molecule has 0 aromatic rings. The lowest BCUT2D eigenvalue weighted by molar-refractivity contribution is -0.808. The number of carbonyl (C=O) groups is 1. The maximum Gasteiger partial charge on any atom is 0.209 e. The Kier molecular flexibility index (Phi) is 10.3. The minimum Gasteiger partial charge on any atom is -0.544 e. The molecule has 1 aliphatic heterocycles. The number of unbranched alkanes of at least 4 members (excludes halogenated alkanes) is 7. The van der Waals surface area contributed by atoms with Gasteiger partial charge in [0, 0.05) is 13.3 Å². The Hall–Kier alpha value is -1.46. The van der Waals surface area contributed by atoms with Gasteiger partial charge in [0.05, 0.1) is 12.2 Å². The maximum absolute atomic E-state index is 11.1. The molecule has 2 atom stereocenters. The first-order valence-corrected chi connectivity index (χ1v) is 9.75. The first-order valence-electron chi connectivity index (χ1n) is 9.75. The van der Waals surface area contributed by atoms with Gasteiger partial charge in [-0.2, -0.15) is 0 Å². The summed E-state index contributed by atoms with van der Waals surface area (Å²) in [5, 5.41) is 11.1. The van der Waals surface area contributed by atoms with Gasteiger partial charge in [-0.1, -0.05) is 51.2 Å². The van der Waals surface area contributed by atoms with Crippen LogP contribution in [0.3, 0.4) is 0 Å². The van der Waals surface area contributed by atoms with Crippen LogP contribution in [0.25, 0.3) is 0 Å². The number of allylic oxidation sites excluding steroid dienone is 2. The van der Waals surface area contributed by atoms with E-state index in [4.69, 9.17) is 5.73 Å². The molecule has 0 aromatic heterocycles. The Morgan fingerprint density at radius 3 is 2.48 bits per heavy atom. The van der Waals surface area contributed by atoms with E-state index in [9.17, 15) is 9.90 Å². The standard InChI is InChI=1S/C20H35N3O2/c1-3-4-5-6-7-8-9-10-11-12-13-14-19-22-15-16-23(19,18(2)21)17-20(24)25/h5-6,15-16,18H,3-4,7-14,17,21H2,1-2H3/b6-5+. The fraction of sp³-hybridized carbons (Fsp3) is 0.700. The molecule has 0 aliphatic carbocycles. The van der Waals surface area contributed by atoms with Crippen LogP contribution in [-0.4, -0.2) is 29.0 Å². The number of hydrogen-bond acceptors (Lipinski definition) is 4. The van der Waals surface area contributed by atoms with Crippen LogP contribution in [0.15, 0.2) is 29.5 Å². The first kappa shape index (κ1) is 21.6. The zero-order valence-electron chi connectivity index (χ0n) is 16.0. The molecule has 5 heteroatoms. The molecule has 1 heterocycles. The van der Waals surface area contributed by atoms with Gasteiger partial charge < -0.3 is 9.90 Å². The number of aliphatic imine (C=N–C) groups is 1. The molecule has 1 rings (SSSR count). The first-order chi connectivity index (χ1) is 12.0. The van der Waals surface area contributed by atoms with Crippen molar-refractivity contribution in [3.8, 4) is 0 Å². The monoisotopic (exact) mass is 349 g/mol. The molecule has 0 bridgehead atoms. The summed E-state index contributed by atoms with van der Waals surface area (Å²) < 4.78 is 0.104. The van der Waals surface area contributed by atoms with Gasteiger partial charge >= 0.3 is 0 Å². The molecule has 0 aromatic carbocycles. The van der Waals surface area contributed by atoms with E-state index >= 15 is 0 Å². The van der Waals surface area contributed by atoms with Gasteiger partial charge in [-0.05, 0) is 25.7 Å². The number of carboxylic acids is 1. The van der Waals surface area contributed by atoms with Crippen molar-refractivity contribution in [3.05, 3.63) is 24.6 Å². The topological polar surface area (TPSA) is 78.5 Å². The van der Waals surface area contributed by atoms with E-state index in [2.05, 4.69) is 24.1 Å². The van der Waals surface area contributed by atoms with E-state index < -0.39 is 5.97 Å². The van der Waals surface area contributed by atoms with Crippen molar-refractivity contribution in [3.63, 3.8) is 0 Å². The van der Waals surface area contributed by atoms with E-state index in [0.717, 1.165) is 25.1 Å². The predicted octanol–water partition coefficient (Wildman–Crippen LogP) is 3.22. The fourth-order valence-electron chi connectivity index (χ4n) is 3.23. The molecule has 0 saturated heterocycles. The number of nitrogens with zero attached hydrogens (tertiary/aromatic N) is 2. The summed E-state index contributed by atoms with van der Waals surface area (Å²) >= 11 is 0. The molecule has 2 unspecified atom stereocenters. The van der Waals surface area contributed by atoms with Crippen LogP contribution in [0.1, 0.15) is 78.1 Å². The van der Waals surface area contributed by atoms with Crippen molar-refractivity contribution in [2.75, 3.05) is 6.54 Å². The highest BCUT2D eigenvalue weighted by Gasteiger charge is 2.38. The van der Waals surface area contributed by atoms with Crippen molar-refractivity contribution in [1.29, 1.82) is 0 Å².